The summed E-state index contributed by atoms with van der Waals surface area (Å²) in [6.45, 7) is 0. The number of pyridine rings is 1. The van der Waals surface area contributed by atoms with Crippen LogP contribution in [-0.4, -0.2) is 34.9 Å². The van der Waals surface area contributed by atoms with E-state index in [0.29, 0.717) is 38.8 Å². The zero-order chi connectivity index (χ0) is 23.5. The van der Waals surface area contributed by atoms with E-state index in [1.165, 1.54) is 10.8 Å². The van der Waals surface area contributed by atoms with Gasteiger partial charge in [-0.1, -0.05) is 24.3 Å². The number of para-hydroxylation sites is 1. The van der Waals surface area contributed by atoms with Gasteiger partial charge in [-0.2, -0.15) is 0 Å². The Labute approximate surface area is 189 Å². The first-order valence-electron chi connectivity index (χ1n) is 10.2. The molecular formula is C24H21N3O5S. The third kappa shape index (κ3) is 3.50. The number of nitrogens with one attached hydrogen (secondary N) is 1. The maximum Gasteiger partial charge on any atom is 0.330 e. The highest BCUT2D eigenvalue weighted by Gasteiger charge is 2.32. The number of hydrogen-bond donors (Lipinski definition) is 2. The van der Waals surface area contributed by atoms with Crippen molar-refractivity contribution in [2.75, 3.05) is 11.6 Å². The van der Waals surface area contributed by atoms with Crippen molar-refractivity contribution < 1.29 is 18.3 Å². The smallest absolute Gasteiger partial charge is 0.330 e. The molecule has 0 fully saturated rings. The lowest BCUT2D eigenvalue weighted by Gasteiger charge is -2.16. The quantitative estimate of drug-likeness (QED) is 0.481. The van der Waals surface area contributed by atoms with Gasteiger partial charge >= 0.3 is 5.97 Å². The van der Waals surface area contributed by atoms with E-state index < -0.39 is 21.8 Å². The molecule has 1 unspecified atom stereocenters. The largest absolute Gasteiger partial charge is 0.479 e. The van der Waals surface area contributed by atoms with Gasteiger partial charge in [0.25, 0.3) is 5.56 Å². The zero-order valence-electron chi connectivity index (χ0n) is 17.9. The maximum atomic E-state index is 13.3. The summed E-state index contributed by atoms with van der Waals surface area (Å²) in [4.78, 5) is 25.6. The lowest BCUT2D eigenvalue weighted by molar-refractivity contribution is -0.138. The molecule has 1 atom stereocenters. The molecule has 0 saturated heterocycles. The minimum absolute atomic E-state index is 0.143. The van der Waals surface area contributed by atoms with Gasteiger partial charge in [0.2, 0.25) is 0 Å². The van der Waals surface area contributed by atoms with Gasteiger partial charge in [0.05, 0.1) is 5.75 Å². The third-order valence-electron chi connectivity index (χ3n) is 5.84. The second-order valence-electron chi connectivity index (χ2n) is 8.34. The minimum atomic E-state index is -3.27. The van der Waals surface area contributed by atoms with Crippen LogP contribution in [0.15, 0.2) is 65.7 Å². The SMILES string of the molecule is Cn1cc2c3c(cn(-c4ccccc4)c3c1=O)C(C(=O)O)Nc1ccc(CS(C)(=O)=O)cc1-2. The molecule has 0 saturated carbocycles. The highest BCUT2D eigenvalue weighted by atomic mass is 32.2. The molecule has 168 valence electrons. The van der Waals surface area contributed by atoms with Crippen LogP contribution in [0.1, 0.15) is 17.2 Å². The average Bonchev–Trinajstić information content (AvgIpc) is 3.09. The number of carbonyl (C=O) groups is 1. The van der Waals surface area contributed by atoms with Crippen molar-refractivity contribution in [1.82, 2.24) is 9.13 Å². The number of rotatable bonds is 4. The van der Waals surface area contributed by atoms with Crippen LogP contribution in [0.3, 0.4) is 0 Å². The van der Waals surface area contributed by atoms with E-state index >= 15 is 0 Å². The Kier molecular flexibility index (Phi) is 4.68. The fraction of sp³-hybridized carbons (Fsp3) is 0.167. The van der Waals surface area contributed by atoms with Crippen molar-refractivity contribution in [3.63, 3.8) is 0 Å². The molecule has 0 bridgehead atoms. The average molecular weight is 464 g/mol. The summed E-state index contributed by atoms with van der Waals surface area (Å²) in [6, 6.07) is 13.3. The predicted molar refractivity (Wildman–Crippen MR) is 126 cm³/mol. The van der Waals surface area contributed by atoms with Gasteiger partial charge in [-0.3, -0.25) is 4.79 Å². The second-order valence-corrected chi connectivity index (χ2v) is 10.5. The number of aliphatic carboxylic acids is 1. The van der Waals surface area contributed by atoms with Gasteiger partial charge in [-0.05, 0) is 29.8 Å². The van der Waals surface area contributed by atoms with Crippen LogP contribution < -0.4 is 10.9 Å². The number of aromatic nitrogens is 2. The van der Waals surface area contributed by atoms with E-state index in [1.54, 1.807) is 42.2 Å². The van der Waals surface area contributed by atoms with Gasteiger partial charge in [0.15, 0.2) is 15.9 Å². The lowest BCUT2D eigenvalue weighted by atomic mass is 9.98. The van der Waals surface area contributed by atoms with E-state index in [2.05, 4.69) is 5.32 Å². The fourth-order valence-electron chi connectivity index (χ4n) is 4.48. The molecule has 4 aromatic rings. The van der Waals surface area contributed by atoms with Gasteiger partial charge in [-0.15, -0.1) is 0 Å². The summed E-state index contributed by atoms with van der Waals surface area (Å²) in [6.07, 6.45) is 4.54. The molecule has 0 radical (unpaired) electrons. The molecule has 9 heteroatoms. The van der Waals surface area contributed by atoms with Crippen molar-refractivity contribution in [2.24, 2.45) is 7.05 Å². The zero-order valence-corrected chi connectivity index (χ0v) is 18.8. The highest BCUT2D eigenvalue weighted by Crippen LogP contribution is 2.43. The normalized spacial score (nSPS) is 15.0. The minimum Gasteiger partial charge on any atom is -0.479 e. The molecule has 0 spiro atoms. The Morgan fingerprint density at radius 2 is 1.82 bits per heavy atom. The molecule has 2 aromatic carbocycles. The number of carboxylic acid groups (broad SMARTS) is 1. The molecule has 0 aliphatic carbocycles. The summed E-state index contributed by atoms with van der Waals surface area (Å²) in [7, 11) is -1.62. The number of hydrogen-bond acceptors (Lipinski definition) is 5. The number of anilines is 1. The number of benzene rings is 2. The van der Waals surface area contributed by atoms with Crippen LogP contribution >= 0.6 is 0 Å². The summed E-state index contributed by atoms with van der Waals surface area (Å²) in [5.41, 5.74) is 3.76. The van der Waals surface area contributed by atoms with Crippen molar-refractivity contribution >= 4 is 32.4 Å². The summed E-state index contributed by atoms with van der Waals surface area (Å²) >= 11 is 0. The topological polar surface area (TPSA) is 110 Å². The van der Waals surface area contributed by atoms with Crippen LogP contribution in [0.5, 0.6) is 0 Å². The Bertz CT molecular complexity index is 1600. The standard InChI is InChI=1S/C24H21N3O5S/c1-26-11-17-16-10-14(13-33(2,31)32)8-9-19(16)25-21(24(29)30)18-12-27(15-6-4-3-5-7-15)22(20(17)18)23(26)28/h3-12,21,25H,13H2,1-2H3,(H,29,30). The summed E-state index contributed by atoms with van der Waals surface area (Å²) < 4.78 is 27.0. The van der Waals surface area contributed by atoms with E-state index in [-0.39, 0.29) is 11.3 Å². The molecular weight excluding hydrogens is 442 g/mol. The summed E-state index contributed by atoms with van der Waals surface area (Å²) in [5.74, 6) is -1.23. The van der Waals surface area contributed by atoms with Crippen LogP contribution in [0.25, 0.3) is 27.7 Å². The molecule has 33 heavy (non-hydrogen) atoms. The number of carboxylic acids is 1. The Hall–Kier alpha value is -3.85. The number of fused-ring (bicyclic) bond motifs is 2. The van der Waals surface area contributed by atoms with Crippen molar-refractivity contribution in [3.05, 3.63) is 82.4 Å². The second kappa shape index (κ2) is 7.35. The van der Waals surface area contributed by atoms with Gasteiger partial charge in [-0.25, -0.2) is 13.2 Å². The van der Waals surface area contributed by atoms with Crippen LogP contribution in [-0.2, 0) is 27.4 Å². The fourth-order valence-corrected chi connectivity index (χ4v) is 5.26. The van der Waals surface area contributed by atoms with Gasteiger partial charge in [0.1, 0.15) is 5.52 Å². The number of nitrogens with zero attached hydrogens (tertiary/aromatic N) is 2. The van der Waals surface area contributed by atoms with E-state index in [4.69, 9.17) is 0 Å². The molecule has 2 N–H and O–H groups in total. The Morgan fingerprint density at radius 3 is 2.48 bits per heavy atom. The lowest BCUT2D eigenvalue weighted by Crippen LogP contribution is -2.19. The molecule has 8 nitrogen and oxygen atoms in total. The Balaban J connectivity index is 1.90. The van der Waals surface area contributed by atoms with Crippen molar-refractivity contribution in [2.45, 2.75) is 11.8 Å². The summed E-state index contributed by atoms with van der Waals surface area (Å²) in [5, 5.41) is 13.7. The first-order chi connectivity index (χ1) is 15.6. The molecule has 5 rings (SSSR count). The molecule has 1 aliphatic heterocycles. The maximum absolute atomic E-state index is 13.3. The van der Waals surface area contributed by atoms with E-state index in [9.17, 15) is 23.1 Å². The predicted octanol–water partition coefficient (Wildman–Crippen LogP) is 3.09. The van der Waals surface area contributed by atoms with Gasteiger partial charge < -0.3 is 19.6 Å². The number of aryl methyl sites for hydroxylation is 1. The molecule has 3 heterocycles. The van der Waals surface area contributed by atoms with Crippen molar-refractivity contribution in [3.8, 4) is 16.8 Å². The first-order valence-corrected chi connectivity index (χ1v) is 12.3. The Morgan fingerprint density at radius 1 is 1.09 bits per heavy atom. The van der Waals surface area contributed by atoms with Gasteiger partial charge in [0, 0.05) is 59.1 Å². The van der Waals surface area contributed by atoms with E-state index in [1.807, 2.05) is 30.3 Å². The first kappa shape index (κ1) is 21.0. The van der Waals surface area contributed by atoms with E-state index in [0.717, 1.165) is 5.69 Å². The third-order valence-corrected chi connectivity index (χ3v) is 6.70. The van der Waals surface area contributed by atoms with Crippen LogP contribution in [0, 0.1) is 0 Å². The monoisotopic (exact) mass is 463 g/mol. The highest BCUT2D eigenvalue weighted by molar-refractivity contribution is 7.89. The molecule has 1 aliphatic rings. The van der Waals surface area contributed by atoms with Crippen LogP contribution in [0.2, 0.25) is 0 Å². The molecule has 2 aromatic heterocycles. The number of sulfone groups is 1. The molecule has 0 amide bonds. The van der Waals surface area contributed by atoms with Crippen molar-refractivity contribution in [1.29, 1.82) is 0 Å². The van der Waals surface area contributed by atoms with Crippen LogP contribution in [0.4, 0.5) is 5.69 Å².